The van der Waals surface area contributed by atoms with E-state index in [2.05, 4.69) is 5.43 Å². The predicted octanol–water partition coefficient (Wildman–Crippen LogP) is 3.96. The molecule has 1 fully saturated rings. The fourth-order valence-electron chi connectivity index (χ4n) is 2.94. The van der Waals surface area contributed by atoms with Crippen molar-refractivity contribution in [2.75, 3.05) is 6.54 Å². The first-order valence-corrected chi connectivity index (χ1v) is 7.42. The van der Waals surface area contributed by atoms with Gasteiger partial charge in [-0.15, -0.1) is 0 Å². The zero-order valence-corrected chi connectivity index (χ0v) is 13.1. The highest BCUT2D eigenvalue weighted by molar-refractivity contribution is 5.84. The van der Waals surface area contributed by atoms with Crippen molar-refractivity contribution in [2.24, 2.45) is 5.41 Å². The fraction of sp³-hybridized carbons (Fsp3) is 0.353. The highest BCUT2D eigenvalue weighted by Crippen LogP contribution is 2.42. The monoisotopic (exact) mass is 340 g/mol. The zero-order valence-electron chi connectivity index (χ0n) is 13.1. The van der Waals surface area contributed by atoms with Crippen LogP contribution in [-0.2, 0) is 4.79 Å². The maximum atomic E-state index is 14.4. The minimum absolute atomic E-state index is 0.164. The van der Waals surface area contributed by atoms with E-state index in [0.29, 0.717) is 10.8 Å². The normalized spacial score (nSPS) is 19.5. The first-order chi connectivity index (χ1) is 11.1. The Kier molecular flexibility index (Phi) is 3.79. The van der Waals surface area contributed by atoms with E-state index in [1.165, 1.54) is 6.07 Å². The Labute approximate surface area is 136 Å². The standard InChI is InChI=1S/C17H16F4N2O/c1-16(2)9-23(22-15(16)24)14(17(19,20)21)12-7-10-5-3-4-6-11(10)8-13(12)18/h3-8,14H,9H2,1-2H3,(H,22,24)/t14-/m0/s1. The molecule has 7 heteroatoms. The molecule has 0 aliphatic carbocycles. The molecule has 3 rings (SSSR count). The first-order valence-electron chi connectivity index (χ1n) is 7.42. The molecule has 3 nitrogen and oxygen atoms in total. The number of rotatable bonds is 2. The topological polar surface area (TPSA) is 32.3 Å². The Bertz CT molecular complexity index is 801. The number of fused-ring (bicyclic) bond motifs is 1. The number of hydrogen-bond acceptors (Lipinski definition) is 2. The minimum Gasteiger partial charge on any atom is -0.287 e. The van der Waals surface area contributed by atoms with Crippen molar-refractivity contribution in [2.45, 2.75) is 26.1 Å². The van der Waals surface area contributed by atoms with Crippen LogP contribution in [0, 0.1) is 11.2 Å². The molecule has 1 saturated heterocycles. The van der Waals surface area contributed by atoms with E-state index in [9.17, 15) is 22.4 Å². The van der Waals surface area contributed by atoms with Crippen molar-refractivity contribution >= 4 is 16.7 Å². The Hall–Kier alpha value is -2.15. The second-order valence-corrected chi connectivity index (χ2v) is 6.62. The summed E-state index contributed by atoms with van der Waals surface area (Å²) in [6.07, 6.45) is -4.74. The zero-order chi connectivity index (χ0) is 17.7. The maximum Gasteiger partial charge on any atom is 0.409 e. The van der Waals surface area contributed by atoms with Crippen LogP contribution in [0.5, 0.6) is 0 Å². The quantitative estimate of drug-likeness (QED) is 0.840. The lowest BCUT2D eigenvalue weighted by Gasteiger charge is -2.30. The molecule has 2 aromatic carbocycles. The van der Waals surface area contributed by atoms with E-state index in [1.807, 2.05) is 0 Å². The van der Waals surface area contributed by atoms with Gasteiger partial charge in [-0.2, -0.15) is 13.2 Å². The van der Waals surface area contributed by atoms with Gasteiger partial charge < -0.3 is 0 Å². The van der Waals surface area contributed by atoms with Crippen molar-refractivity contribution < 1.29 is 22.4 Å². The van der Waals surface area contributed by atoms with Crippen molar-refractivity contribution in [3.05, 3.63) is 47.8 Å². The number of nitrogens with one attached hydrogen (secondary N) is 1. The second kappa shape index (κ2) is 5.44. The summed E-state index contributed by atoms with van der Waals surface area (Å²) in [5, 5.41) is 1.80. The van der Waals surface area contributed by atoms with Crippen molar-refractivity contribution in [3.8, 4) is 0 Å². The molecule has 24 heavy (non-hydrogen) atoms. The second-order valence-electron chi connectivity index (χ2n) is 6.62. The predicted molar refractivity (Wildman–Crippen MR) is 81.3 cm³/mol. The molecule has 1 atom stereocenters. The SMILES string of the molecule is CC1(C)CN([C@@H](c2cc3ccccc3cc2F)C(F)(F)F)NC1=O. The number of amides is 1. The third-order valence-corrected chi connectivity index (χ3v) is 4.21. The van der Waals surface area contributed by atoms with Crippen molar-refractivity contribution in [1.82, 2.24) is 10.4 Å². The minimum atomic E-state index is -4.74. The fourth-order valence-corrected chi connectivity index (χ4v) is 2.94. The van der Waals surface area contributed by atoms with Gasteiger partial charge >= 0.3 is 6.18 Å². The molecule has 1 heterocycles. The van der Waals surface area contributed by atoms with Crippen LogP contribution >= 0.6 is 0 Å². The molecule has 0 saturated carbocycles. The van der Waals surface area contributed by atoms with Gasteiger partial charge in [0.2, 0.25) is 5.91 Å². The summed E-state index contributed by atoms with van der Waals surface area (Å²) < 4.78 is 55.4. The van der Waals surface area contributed by atoms with Gasteiger partial charge in [-0.25, -0.2) is 9.40 Å². The number of carbonyl (C=O) groups is 1. The van der Waals surface area contributed by atoms with Gasteiger partial charge in [0, 0.05) is 12.1 Å². The molecule has 0 radical (unpaired) electrons. The lowest BCUT2D eigenvalue weighted by Crippen LogP contribution is -2.44. The lowest BCUT2D eigenvalue weighted by molar-refractivity contribution is -0.192. The summed E-state index contributed by atoms with van der Waals surface area (Å²) >= 11 is 0. The Balaban J connectivity index is 2.11. The van der Waals surface area contributed by atoms with E-state index in [1.54, 1.807) is 38.1 Å². The van der Waals surface area contributed by atoms with Gasteiger partial charge in [-0.05, 0) is 36.8 Å². The van der Waals surface area contributed by atoms with Crippen LogP contribution in [0.15, 0.2) is 36.4 Å². The number of nitrogens with zero attached hydrogens (tertiary/aromatic N) is 1. The van der Waals surface area contributed by atoms with Crippen LogP contribution in [0.3, 0.4) is 0 Å². The Morgan fingerprint density at radius 2 is 1.75 bits per heavy atom. The van der Waals surface area contributed by atoms with Crippen LogP contribution in [0.1, 0.15) is 25.5 Å². The molecule has 1 aliphatic heterocycles. The molecule has 1 N–H and O–H groups in total. The summed E-state index contributed by atoms with van der Waals surface area (Å²) in [6.45, 7) is 2.93. The van der Waals surface area contributed by atoms with Crippen LogP contribution in [-0.4, -0.2) is 23.6 Å². The van der Waals surface area contributed by atoms with E-state index in [0.717, 1.165) is 11.1 Å². The third kappa shape index (κ3) is 2.84. The van der Waals surface area contributed by atoms with Crippen LogP contribution in [0.4, 0.5) is 17.6 Å². The molecule has 0 bridgehead atoms. The molecule has 2 aromatic rings. The Morgan fingerprint density at radius 3 is 2.25 bits per heavy atom. The Morgan fingerprint density at radius 1 is 1.17 bits per heavy atom. The van der Waals surface area contributed by atoms with Gasteiger partial charge in [0.25, 0.3) is 0 Å². The largest absolute Gasteiger partial charge is 0.409 e. The third-order valence-electron chi connectivity index (χ3n) is 4.21. The van der Waals surface area contributed by atoms with E-state index in [4.69, 9.17) is 0 Å². The number of carbonyl (C=O) groups excluding carboxylic acids is 1. The number of benzene rings is 2. The van der Waals surface area contributed by atoms with Crippen LogP contribution < -0.4 is 5.43 Å². The first kappa shape index (κ1) is 16.7. The molecule has 128 valence electrons. The lowest BCUT2D eigenvalue weighted by atomic mass is 9.93. The summed E-state index contributed by atoms with van der Waals surface area (Å²) in [5.74, 6) is -1.46. The van der Waals surface area contributed by atoms with Gasteiger partial charge in [-0.3, -0.25) is 10.2 Å². The van der Waals surface area contributed by atoms with Gasteiger partial charge in [0.1, 0.15) is 5.82 Å². The smallest absolute Gasteiger partial charge is 0.287 e. The van der Waals surface area contributed by atoms with Crippen LogP contribution in [0.25, 0.3) is 10.8 Å². The van der Waals surface area contributed by atoms with Gasteiger partial charge in [-0.1, -0.05) is 24.3 Å². The number of halogens is 4. The number of hydrazine groups is 1. The van der Waals surface area contributed by atoms with Crippen molar-refractivity contribution in [3.63, 3.8) is 0 Å². The average Bonchev–Trinajstić information content (AvgIpc) is 2.71. The number of alkyl halides is 3. The highest BCUT2D eigenvalue weighted by Gasteiger charge is 2.52. The summed E-state index contributed by atoms with van der Waals surface area (Å²) in [6, 6.07) is 6.66. The summed E-state index contributed by atoms with van der Waals surface area (Å²) in [5.41, 5.74) is 0.756. The van der Waals surface area contributed by atoms with E-state index < -0.39 is 34.9 Å². The molecule has 0 spiro atoms. The van der Waals surface area contributed by atoms with Crippen LogP contribution in [0.2, 0.25) is 0 Å². The van der Waals surface area contributed by atoms with E-state index >= 15 is 0 Å². The average molecular weight is 340 g/mol. The maximum absolute atomic E-state index is 14.4. The van der Waals surface area contributed by atoms with Gasteiger partial charge in [0.05, 0.1) is 5.41 Å². The molecular formula is C17H16F4N2O. The molecule has 1 aliphatic rings. The van der Waals surface area contributed by atoms with E-state index in [-0.39, 0.29) is 6.54 Å². The van der Waals surface area contributed by atoms with Gasteiger partial charge in [0.15, 0.2) is 6.04 Å². The summed E-state index contributed by atoms with van der Waals surface area (Å²) in [7, 11) is 0. The molecule has 1 amide bonds. The van der Waals surface area contributed by atoms with Crippen molar-refractivity contribution in [1.29, 1.82) is 0 Å². The molecular weight excluding hydrogens is 324 g/mol. The highest BCUT2D eigenvalue weighted by atomic mass is 19.4. The summed E-state index contributed by atoms with van der Waals surface area (Å²) in [4.78, 5) is 11.9. The number of hydrogen-bond donors (Lipinski definition) is 1. The molecule has 0 aromatic heterocycles. The molecule has 0 unspecified atom stereocenters.